The summed E-state index contributed by atoms with van der Waals surface area (Å²) in [6.07, 6.45) is -3.91. The van der Waals surface area contributed by atoms with E-state index in [0.717, 1.165) is 36.5 Å². The van der Waals surface area contributed by atoms with Crippen LogP contribution in [0.1, 0.15) is 11.3 Å². The normalized spacial score (nSPS) is 14.5. The minimum Gasteiger partial charge on any atom is -0.371 e. The van der Waals surface area contributed by atoms with E-state index < -0.39 is 28.0 Å². The van der Waals surface area contributed by atoms with E-state index in [1.54, 1.807) is 0 Å². The highest BCUT2D eigenvalue weighted by molar-refractivity contribution is 5.40. The minimum atomic E-state index is -5.03. The second-order valence-corrected chi connectivity index (χ2v) is 4.23. The average Bonchev–Trinajstić information content (AvgIpc) is 2.46. The molecule has 0 spiro atoms. The molecule has 0 aliphatic heterocycles. The monoisotopic (exact) mass is 298 g/mol. The van der Waals surface area contributed by atoms with Crippen molar-refractivity contribution >= 4 is 5.69 Å². The zero-order chi connectivity index (χ0) is 15.7. The van der Waals surface area contributed by atoms with E-state index in [9.17, 15) is 28.4 Å². The predicted octanol–water partition coefficient (Wildman–Crippen LogP) is 2.79. The first kappa shape index (κ1) is 14.9. The molecule has 1 aromatic carbocycles. The lowest BCUT2D eigenvalue weighted by molar-refractivity contribution is -0.384. The molecule has 110 valence electrons. The van der Waals surface area contributed by atoms with E-state index in [-0.39, 0.29) is 5.69 Å². The van der Waals surface area contributed by atoms with Crippen LogP contribution < -0.4 is 0 Å². The topological polar surface area (TPSA) is 76.3 Å². The number of benzene rings is 1. The fourth-order valence-corrected chi connectivity index (χ4v) is 1.86. The summed E-state index contributed by atoms with van der Waals surface area (Å²) < 4.78 is 39.9. The molecule has 0 bridgehead atoms. The minimum absolute atomic E-state index is 0.371. The van der Waals surface area contributed by atoms with Gasteiger partial charge >= 0.3 is 6.18 Å². The lowest BCUT2D eigenvalue weighted by Crippen LogP contribution is -2.44. The van der Waals surface area contributed by atoms with Gasteiger partial charge < -0.3 is 5.11 Å². The van der Waals surface area contributed by atoms with Crippen LogP contribution in [0.5, 0.6) is 0 Å². The Balaban J connectivity index is 2.59. The van der Waals surface area contributed by atoms with Crippen molar-refractivity contribution in [3.05, 3.63) is 70.0 Å². The summed E-state index contributed by atoms with van der Waals surface area (Å²) in [6, 6.07) is 7.28. The molecule has 0 aliphatic carbocycles. The molecule has 2 rings (SSSR count). The van der Waals surface area contributed by atoms with E-state index in [4.69, 9.17) is 0 Å². The van der Waals surface area contributed by atoms with Crippen molar-refractivity contribution in [3.63, 3.8) is 0 Å². The third-order valence-corrected chi connectivity index (χ3v) is 2.94. The van der Waals surface area contributed by atoms with Gasteiger partial charge in [0, 0.05) is 18.3 Å². The number of pyridine rings is 1. The molecule has 1 heterocycles. The lowest BCUT2D eigenvalue weighted by atomic mass is 9.89. The summed E-state index contributed by atoms with van der Waals surface area (Å²) in [6.45, 7) is 0. The lowest BCUT2D eigenvalue weighted by Gasteiger charge is -2.30. The summed E-state index contributed by atoms with van der Waals surface area (Å²) in [7, 11) is 0. The Morgan fingerprint density at radius 3 is 2.14 bits per heavy atom. The first-order valence-electron chi connectivity index (χ1n) is 5.72. The molecule has 1 atom stereocenters. The standard InChI is InChI=1S/C13H9F3N2O3/c14-13(15,16)12(19,11-3-1-2-8-17-11)9-4-6-10(7-5-9)18(20)21/h1-8,19H. The van der Waals surface area contributed by atoms with Gasteiger partial charge in [0.1, 0.15) is 0 Å². The Morgan fingerprint density at radius 1 is 1.10 bits per heavy atom. The number of aromatic nitrogens is 1. The van der Waals surface area contributed by atoms with Gasteiger partial charge in [0.2, 0.25) is 5.60 Å². The van der Waals surface area contributed by atoms with Crippen LogP contribution in [0.25, 0.3) is 0 Å². The highest BCUT2D eigenvalue weighted by Gasteiger charge is 2.57. The Bertz CT molecular complexity index is 644. The van der Waals surface area contributed by atoms with Crippen LogP contribution in [0.15, 0.2) is 48.7 Å². The number of hydrogen-bond acceptors (Lipinski definition) is 4. The Morgan fingerprint density at radius 2 is 1.71 bits per heavy atom. The average molecular weight is 298 g/mol. The van der Waals surface area contributed by atoms with E-state index in [1.165, 1.54) is 12.1 Å². The van der Waals surface area contributed by atoms with Crippen molar-refractivity contribution in [2.24, 2.45) is 0 Å². The Hall–Kier alpha value is -2.48. The van der Waals surface area contributed by atoms with Gasteiger partial charge in [-0.05, 0) is 29.8 Å². The number of nitro groups is 1. The molecular weight excluding hydrogens is 289 g/mol. The molecule has 0 saturated heterocycles. The van der Waals surface area contributed by atoms with Crippen LogP contribution >= 0.6 is 0 Å². The zero-order valence-electron chi connectivity index (χ0n) is 10.4. The molecular formula is C13H9F3N2O3. The molecule has 8 heteroatoms. The molecule has 0 fully saturated rings. The maximum absolute atomic E-state index is 13.3. The highest BCUT2D eigenvalue weighted by Crippen LogP contribution is 2.43. The molecule has 0 amide bonds. The Labute approximate surface area is 116 Å². The van der Waals surface area contributed by atoms with Crippen molar-refractivity contribution in [1.82, 2.24) is 4.98 Å². The van der Waals surface area contributed by atoms with Gasteiger partial charge in [-0.3, -0.25) is 15.1 Å². The van der Waals surface area contributed by atoms with Gasteiger partial charge in [-0.15, -0.1) is 0 Å². The number of halogens is 3. The SMILES string of the molecule is O=[N+]([O-])c1ccc(C(O)(c2ccccn2)C(F)(F)F)cc1. The van der Waals surface area contributed by atoms with Gasteiger partial charge in [-0.25, -0.2) is 0 Å². The maximum atomic E-state index is 13.3. The zero-order valence-corrected chi connectivity index (χ0v) is 10.4. The van der Waals surface area contributed by atoms with E-state index in [1.807, 2.05) is 0 Å². The number of rotatable bonds is 3. The molecule has 2 aromatic rings. The van der Waals surface area contributed by atoms with Gasteiger partial charge in [-0.1, -0.05) is 6.07 Å². The first-order valence-corrected chi connectivity index (χ1v) is 5.72. The molecule has 21 heavy (non-hydrogen) atoms. The number of hydrogen-bond donors (Lipinski definition) is 1. The van der Waals surface area contributed by atoms with E-state index in [0.29, 0.717) is 0 Å². The fraction of sp³-hybridized carbons (Fsp3) is 0.154. The van der Waals surface area contributed by atoms with Crippen LogP contribution in [0, 0.1) is 10.1 Å². The summed E-state index contributed by atoms with van der Waals surface area (Å²) in [5.41, 5.74) is -4.85. The van der Waals surface area contributed by atoms with Crippen molar-refractivity contribution in [2.45, 2.75) is 11.8 Å². The quantitative estimate of drug-likeness (QED) is 0.698. The maximum Gasteiger partial charge on any atom is 0.427 e. The third kappa shape index (κ3) is 2.57. The van der Waals surface area contributed by atoms with Crippen LogP contribution in [-0.4, -0.2) is 21.2 Å². The molecule has 1 unspecified atom stereocenters. The smallest absolute Gasteiger partial charge is 0.371 e. The summed E-state index contributed by atoms with van der Waals surface area (Å²) >= 11 is 0. The fourth-order valence-electron chi connectivity index (χ4n) is 1.86. The summed E-state index contributed by atoms with van der Waals surface area (Å²) in [5, 5.41) is 20.7. The number of aliphatic hydroxyl groups is 1. The largest absolute Gasteiger partial charge is 0.427 e. The number of non-ortho nitro benzene ring substituents is 1. The molecule has 5 nitrogen and oxygen atoms in total. The van der Waals surface area contributed by atoms with Gasteiger partial charge in [0.05, 0.1) is 10.6 Å². The van der Waals surface area contributed by atoms with Crippen LogP contribution in [-0.2, 0) is 5.60 Å². The third-order valence-electron chi connectivity index (χ3n) is 2.94. The molecule has 1 aromatic heterocycles. The van der Waals surface area contributed by atoms with Gasteiger partial charge in [-0.2, -0.15) is 13.2 Å². The number of nitrogens with zero attached hydrogens (tertiary/aromatic N) is 2. The van der Waals surface area contributed by atoms with Crippen LogP contribution in [0.3, 0.4) is 0 Å². The van der Waals surface area contributed by atoms with E-state index in [2.05, 4.69) is 4.98 Å². The van der Waals surface area contributed by atoms with Gasteiger partial charge in [0.25, 0.3) is 5.69 Å². The van der Waals surface area contributed by atoms with Crippen LogP contribution in [0.2, 0.25) is 0 Å². The highest BCUT2D eigenvalue weighted by atomic mass is 19.4. The van der Waals surface area contributed by atoms with Crippen molar-refractivity contribution in [1.29, 1.82) is 0 Å². The van der Waals surface area contributed by atoms with Crippen molar-refractivity contribution in [2.75, 3.05) is 0 Å². The van der Waals surface area contributed by atoms with Crippen LogP contribution in [0.4, 0.5) is 18.9 Å². The predicted molar refractivity (Wildman–Crippen MR) is 66.4 cm³/mol. The Kier molecular flexibility index (Phi) is 3.65. The second-order valence-electron chi connectivity index (χ2n) is 4.23. The first-order chi connectivity index (χ1) is 9.76. The molecule has 0 saturated carbocycles. The van der Waals surface area contributed by atoms with E-state index >= 15 is 0 Å². The molecule has 0 aliphatic rings. The number of alkyl halides is 3. The summed E-state index contributed by atoms with van der Waals surface area (Å²) in [5.74, 6) is 0. The second kappa shape index (κ2) is 5.13. The molecule has 1 N–H and O–H groups in total. The van der Waals surface area contributed by atoms with Crippen molar-refractivity contribution in [3.8, 4) is 0 Å². The number of nitro benzene ring substituents is 1. The summed E-state index contributed by atoms with van der Waals surface area (Å²) in [4.78, 5) is 13.3. The van der Waals surface area contributed by atoms with Crippen molar-refractivity contribution < 1.29 is 23.2 Å². The molecule has 0 radical (unpaired) electrons. The van der Waals surface area contributed by atoms with Gasteiger partial charge in [0.15, 0.2) is 0 Å².